The van der Waals surface area contributed by atoms with Crippen molar-refractivity contribution in [1.29, 1.82) is 0 Å². The number of hydrogen-bond acceptors (Lipinski definition) is 4. The fourth-order valence-electron chi connectivity index (χ4n) is 2.43. The molecule has 2 atom stereocenters. The second-order valence-corrected chi connectivity index (χ2v) is 5.54. The maximum Gasteiger partial charge on any atom is 0.313 e. The highest BCUT2D eigenvalue weighted by atomic mass is 32.2. The molecule has 0 aliphatic heterocycles. The largest absolute Gasteiger partial charge is 0.481 e. The molecule has 17 heavy (non-hydrogen) atoms. The van der Waals surface area contributed by atoms with Crippen molar-refractivity contribution in [2.24, 2.45) is 13.0 Å². The number of carbonyl (C=O) groups is 1. The summed E-state index contributed by atoms with van der Waals surface area (Å²) in [4.78, 5) is 10.5. The van der Waals surface area contributed by atoms with Gasteiger partial charge in [-0.25, -0.2) is 0 Å². The Morgan fingerprint density at radius 1 is 1.53 bits per heavy atom. The summed E-state index contributed by atoms with van der Waals surface area (Å²) in [5, 5.41) is 17.6. The van der Waals surface area contributed by atoms with Gasteiger partial charge >= 0.3 is 5.97 Å². The minimum absolute atomic E-state index is 0.0339. The van der Waals surface area contributed by atoms with E-state index in [1.807, 2.05) is 11.6 Å². The molecule has 94 valence electrons. The zero-order valence-electron chi connectivity index (χ0n) is 10.1. The van der Waals surface area contributed by atoms with Crippen LogP contribution in [0.2, 0.25) is 0 Å². The molecule has 1 fully saturated rings. The molecule has 5 nitrogen and oxygen atoms in total. The van der Waals surface area contributed by atoms with E-state index in [0.29, 0.717) is 17.0 Å². The molecule has 1 aromatic rings. The number of carboxylic acids is 1. The summed E-state index contributed by atoms with van der Waals surface area (Å²) in [6, 6.07) is 0. The third kappa shape index (κ3) is 2.62. The summed E-state index contributed by atoms with van der Waals surface area (Å²) in [5.41, 5.74) is 0. The van der Waals surface area contributed by atoms with Crippen molar-refractivity contribution < 1.29 is 9.90 Å². The summed E-state index contributed by atoms with van der Waals surface area (Å²) in [6.07, 6.45) is 3.65. The quantitative estimate of drug-likeness (QED) is 0.832. The standard InChI is InChI=1S/C11H17N3O2S/c1-7-4-3-5-8(7)10-12-13-11(14(10)2)17-6-9(15)16/h7-8H,3-6H2,1-2H3,(H,15,16). The van der Waals surface area contributed by atoms with Crippen LogP contribution in [0.3, 0.4) is 0 Å². The summed E-state index contributed by atoms with van der Waals surface area (Å²) in [6.45, 7) is 2.25. The van der Waals surface area contributed by atoms with Crippen molar-refractivity contribution in [2.75, 3.05) is 5.75 Å². The van der Waals surface area contributed by atoms with E-state index in [1.165, 1.54) is 24.6 Å². The Balaban J connectivity index is 2.11. The Kier molecular flexibility index (Phi) is 3.71. The first-order chi connectivity index (χ1) is 8.09. The molecule has 0 amide bonds. The van der Waals surface area contributed by atoms with Crippen LogP contribution in [0.4, 0.5) is 0 Å². The molecule has 1 aromatic heterocycles. The average Bonchev–Trinajstić information content (AvgIpc) is 2.82. The Bertz CT molecular complexity index is 419. The lowest BCUT2D eigenvalue weighted by Crippen LogP contribution is -2.09. The molecule has 1 aliphatic rings. The second kappa shape index (κ2) is 5.08. The lowest BCUT2D eigenvalue weighted by molar-refractivity contribution is -0.133. The van der Waals surface area contributed by atoms with Gasteiger partial charge in [0.2, 0.25) is 0 Å². The van der Waals surface area contributed by atoms with E-state index >= 15 is 0 Å². The molecule has 6 heteroatoms. The summed E-state index contributed by atoms with van der Waals surface area (Å²) >= 11 is 1.23. The maximum absolute atomic E-state index is 10.5. The number of carboxylic acid groups (broad SMARTS) is 1. The normalized spacial score (nSPS) is 24.1. The molecule has 0 saturated heterocycles. The summed E-state index contributed by atoms with van der Waals surface area (Å²) in [7, 11) is 1.92. The van der Waals surface area contributed by atoms with E-state index in [4.69, 9.17) is 5.11 Å². The summed E-state index contributed by atoms with van der Waals surface area (Å²) < 4.78 is 1.94. The van der Waals surface area contributed by atoms with Gasteiger partial charge in [-0.05, 0) is 18.8 Å². The van der Waals surface area contributed by atoms with Gasteiger partial charge < -0.3 is 9.67 Å². The number of nitrogens with zero attached hydrogens (tertiary/aromatic N) is 3. The molecule has 1 heterocycles. The third-order valence-electron chi connectivity index (χ3n) is 3.39. The molecule has 0 spiro atoms. The maximum atomic E-state index is 10.5. The number of aliphatic carboxylic acids is 1. The molecular weight excluding hydrogens is 238 g/mol. The fraction of sp³-hybridized carbons (Fsp3) is 0.727. The van der Waals surface area contributed by atoms with Gasteiger partial charge in [0.25, 0.3) is 0 Å². The van der Waals surface area contributed by atoms with Crippen LogP contribution in [-0.2, 0) is 11.8 Å². The Morgan fingerprint density at radius 2 is 2.29 bits per heavy atom. The van der Waals surface area contributed by atoms with Crippen molar-refractivity contribution in [3.05, 3.63) is 5.82 Å². The van der Waals surface area contributed by atoms with E-state index in [1.54, 1.807) is 0 Å². The number of rotatable bonds is 4. The van der Waals surface area contributed by atoms with Gasteiger partial charge in [-0.2, -0.15) is 0 Å². The molecular formula is C11H17N3O2S. The van der Waals surface area contributed by atoms with E-state index < -0.39 is 5.97 Å². The second-order valence-electron chi connectivity index (χ2n) is 4.60. The van der Waals surface area contributed by atoms with Crippen LogP contribution in [0.1, 0.15) is 37.9 Å². The predicted molar refractivity (Wildman–Crippen MR) is 65.1 cm³/mol. The van der Waals surface area contributed by atoms with Crippen LogP contribution < -0.4 is 0 Å². The highest BCUT2D eigenvalue weighted by molar-refractivity contribution is 7.99. The zero-order valence-corrected chi connectivity index (χ0v) is 10.9. The zero-order chi connectivity index (χ0) is 12.4. The SMILES string of the molecule is CC1CCCC1c1nnc(SCC(=O)O)n1C. The molecule has 1 N–H and O–H groups in total. The smallest absolute Gasteiger partial charge is 0.313 e. The van der Waals surface area contributed by atoms with Gasteiger partial charge in [0.1, 0.15) is 5.82 Å². The van der Waals surface area contributed by atoms with Gasteiger partial charge in [-0.3, -0.25) is 4.79 Å². The van der Waals surface area contributed by atoms with Gasteiger partial charge in [-0.1, -0.05) is 25.1 Å². The van der Waals surface area contributed by atoms with Gasteiger partial charge in [0.05, 0.1) is 5.75 Å². The van der Waals surface area contributed by atoms with Gasteiger partial charge in [-0.15, -0.1) is 10.2 Å². The lowest BCUT2D eigenvalue weighted by atomic mass is 9.97. The van der Waals surface area contributed by atoms with Crippen LogP contribution in [0.25, 0.3) is 0 Å². The molecule has 1 aliphatic carbocycles. The Labute approximate surface area is 105 Å². The first-order valence-corrected chi connectivity index (χ1v) is 6.82. The van der Waals surface area contributed by atoms with E-state index in [2.05, 4.69) is 17.1 Å². The van der Waals surface area contributed by atoms with Crippen molar-refractivity contribution in [2.45, 2.75) is 37.3 Å². The first kappa shape index (κ1) is 12.4. The van der Waals surface area contributed by atoms with E-state index in [9.17, 15) is 4.79 Å². The fourth-order valence-corrected chi connectivity index (χ4v) is 3.07. The minimum Gasteiger partial charge on any atom is -0.481 e. The van der Waals surface area contributed by atoms with Gasteiger partial charge in [0.15, 0.2) is 5.16 Å². The van der Waals surface area contributed by atoms with E-state index in [0.717, 1.165) is 12.2 Å². The highest BCUT2D eigenvalue weighted by Gasteiger charge is 2.29. The van der Waals surface area contributed by atoms with Crippen molar-refractivity contribution in [3.63, 3.8) is 0 Å². The van der Waals surface area contributed by atoms with Crippen molar-refractivity contribution >= 4 is 17.7 Å². The van der Waals surface area contributed by atoms with Crippen LogP contribution in [0, 0.1) is 5.92 Å². The van der Waals surface area contributed by atoms with Crippen LogP contribution in [0.15, 0.2) is 5.16 Å². The highest BCUT2D eigenvalue weighted by Crippen LogP contribution is 2.38. The lowest BCUT2D eigenvalue weighted by Gasteiger charge is -2.14. The molecule has 0 radical (unpaired) electrons. The molecule has 2 rings (SSSR count). The van der Waals surface area contributed by atoms with Crippen molar-refractivity contribution in [1.82, 2.24) is 14.8 Å². The number of thioether (sulfide) groups is 1. The predicted octanol–water partition coefficient (Wildman–Crippen LogP) is 1.90. The summed E-state index contributed by atoms with van der Waals surface area (Å²) in [5.74, 6) is 1.34. The topological polar surface area (TPSA) is 68.0 Å². The van der Waals surface area contributed by atoms with Crippen LogP contribution in [-0.4, -0.2) is 31.6 Å². The third-order valence-corrected chi connectivity index (χ3v) is 4.39. The first-order valence-electron chi connectivity index (χ1n) is 5.83. The molecule has 0 bridgehead atoms. The number of hydrogen-bond donors (Lipinski definition) is 1. The monoisotopic (exact) mass is 255 g/mol. The number of aromatic nitrogens is 3. The van der Waals surface area contributed by atoms with Crippen LogP contribution in [0.5, 0.6) is 0 Å². The molecule has 0 aromatic carbocycles. The van der Waals surface area contributed by atoms with E-state index in [-0.39, 0.29) is 5.75 Å². The Hall–Kier alpha value is -1.04. The minimum atomic E-state index is -0.825. The molecule has 1 saturated carbocycles. The van der Waals surface area contributed by atoms with Gasteiger partial charge in [0, 0.05) is 13.0 Å². The Morgan fingerprint density at radius 3 is 2.88 bits per heavy atom. The average molecular weight is 255 g/mol. The molecule has 2 unspecified atom stereocenters. The van der Waals surface area contributed by atoms with Crippen LogP contribution >= 0.6 is 11.8 Å². The van der Waals surface area contributed by atoms with Crippen molar-refractivity contribution in [3.8, 4) is 0 Å².